The van der Waals surface area contributed by atoms with Gasteiger partial charge in [0.1, 0.15) is 29.8 Å². The van der Waals surface area contributed by atoms with Crippen LogP contribution in [0.3, 0.4) is 0 Å². The number of ether oxygens (including phenoxy) is 1. The highest BCUT2D eigenvalue weighted by atomic mass is 19.1. The largest absolute Gasteiger partial charge is 0.462 e. The molecule has 1 atom stereocenters. The van der Waals surface area contributed by atoms with E-state index in [2.05, 4.69) is 5.32 Å². The molecule has 21 heavy (non-hydrogen) atoms. The first-order chi connectivity index (χ1) is 10.2. The second-order valence-corrected chi connectivity index (χ2v) is 4.75. The lowest BCUT2D eigenvalue weighted by molar-refractivity contribution is 0.161. The lowest BCUT2D eigenvalue weighted by atomic mass is 10.0. The number of nitrogens with one attached hydrogen (secondary N) is 1. The molecule has 114 valence electrons. The number of hydrogen-bond acceptors (Lipinski definition) is 3. The van der Waals surface area contributed by atoms with E-state index in [4.69, 9.17) is 9.15 Å². The van der Waals surface area contributed by atoms with Gasteiger partial charge in [-0.05, 0) is 30.8 Å². The van der Waals surface area contributed by atoms with Crippen molar-refractivity contribution < 1.29 is 17.9 Å². The molecule has 3 nitrogen and oxygen atoms in total. The van der Waals surface area contributed by atoms with E-state index in [0.29, 0.717) is 24.7 Å². The first-order valence-corrected chi connectivity index (χ1v) is 6.89. The fraction of sp³-hybridized carbons (Fsp3) is 0.375. The summed E-state index contributed by atoms with van der Waals surface area (Å²) in [5.74, 6) is 0.249. The number of likely N-dealkylation sites (N-methyl/N-ethyl adjacent to an activating group) is 1. The summed E-state index contributed by atoms with van der Waals surface area (Å²) in [6.07, 6.45) is 0.187. The monoisotopic (exact) mass is 295 g/mol. The van der Waals surface area contributed by atoms with Gasteiger partial charge in [-0.3, -0.25) is 0 Å². The smallest absolute Gasteiger partial charge is 0.129 e. The van der Waals surface area contributed by atoms with Gasteiger partial charge in [0.2, 0.25) is 0 Å². The Morgan fingerprint density at radius 2 is 1.90 bits per heavy atom. The van der Waals surface area contributed by atoms with E-state index in [1.165, 1.54) is 18.2 Å². The van der Waals surface area contributed by atoms with Gasteiger partial charge in [-0.2, -0.15) is 0 Å². The van der Waals surface area contributed by atoms with Crippen LogP contribution in [-0.2, 0) is 17.8 Å². The highest BCUT2D eigenvalue weighted by Gasteiger charge is 2.19. The Morgan fingerprint density at radius 3 is 2.52 bits per heavy atom. The molecule has 1 aromatic carbocycles. The van der Waals surface area contributed by atoms with Gasteiger partial charge >= 0.3 is 0 Å². The molecule has 0 aliphatic heterocycles. The molecule has 0 saturated carbocycles. The van der Waals surface area contributed by atoms with Crippen molar-refractivity contribution in [3.63, 3.8) is 0 Å². The maximum Gasteiger partial charge on any atom is 0.129 e. The van der Waals surface area contributed by atoms with Crippen LogP contribution < -0.4 is 5.32 Å². The quantitative estimate of drug-likeness (QED) is 0.847. The summed E-state index contributed by atoms with van der Waals surface area (Å²) < 4.78 is 38.2. The molecule has 0 bridgehead atoms. The third kappa shape index (κ3) is 3.89. The first-order valence-electron chi connectivity index (χ1n) is 6.89. The van der Waals surface area contributed by atoms with Gasteiger partial charge in [-0.1, -0.05) is 13.0 Å². The molecule has 0 aliphatic rings. The highest BCUT2D eigenvalue weighted by Crippen LogP contribution is 2.24. The molecule has 0 radical (unpaired) electrons. The van der Waals surface area contributed by atoms with Crippen molar-refractivity contribution in [1.29, 1.82) is 0 Å². The fourth-order valence-electron chi connectivity index (χ4n) is 2.25. The second kappa shape index (κ2) is 7.33. The Balaban J connectivity index is 2.22. The summed E-state index contributed by atoms with van der Waals surface area (Å²) in [6.45, 7) is 2.97. The maximum absolute atomic E-state index is 13.8. The van der Waals surface area contributed by atoms with Crippen molar-refractivity contribution in [3.05, 3.63) is 59.1 Å². The van der Waals surface area contributed by atoms with E-state index in [0.717, 1.165) is 0 Å². The molecule has 2 aromatic rings. The van der Waals surface area contributed by atoms with Crippen molar-refractivity contribution in [3.8, 4) is 0 Å². The highest BCUT2D eigenvalue weighted by molar-refractivity contribution is 5.23. The summed E-state index contributed by atoms with van der Waals surface area (Å²) >= 11 is 0. The number of benzene rings is 1. The van der Waals surface area contributed by atoms with Crippen LogP contribution in [0.5, 0.6) is 0 Å². The minimum absolute atomic E-state index is 0.0631. The van der Waals surface area contributed by atoms with Crippen molar-refractivity contribution in [1.82, 2.24) is 5.32 Å². The third-order valence-electron chi connectivity index (χ3n) is 3.23. The van der Waals surface area contributed by atoms with E-state index in [-0.39, 0.29) is 18.0 Å². The molecule has 1 heterocycles. The normalized spacial score (nSPS) is 12.6. The topological polar surface area (TPSA) is 34.4 Å². The van der Waals surface area contributed by atoms with E-state index in [1.54, 1.807) is 19.2 Å². The Bertz CT molecular complexity index is 563. The first kappa shape index (κ1) is 15.7. The number of methoxy groups -OCH3 is 1. The lowest BCUT2D eigenvalue weighted by Crippen LogP contribution is -2.23. The van der Waals surface area contributed by atoms with E-state index >= 15 is 0 Å². The van der Waals surface area contributed by atoms with Crippen molar-refractivity contribution in [2.75, 3.05) is 13.7 Å². The van der Waals surface area contributed by atoms with Gasteiger partial charge in [-0.15, -0.1) is 0 Å². The molecule has 1 aromatic heterocycles. The van der Waals surface area contributed by atoms with Gasteiger partial charge in [-0.25, -0.2) is 8.78 Å². The number of rotatable bonds is 7. The number of halogens is 2. The molecule has 5 heteroatoms. The summed E-state index contributed by atoms with van der Waals surface area (Å²) in [7, 11) is 1.58. The summed E-state index contributed by atoms with van der Waals surface area (Å²) in [6, 6.07) is 7.22. The van der Waals surface area contributed by atoms with Gasteiger partial charge in [0.15, 0.2) is 0 Å². The SMILES string of the molecule is CCNC(Cc1c(F)cccc1F)c1ccc(COC)o1. The van der Waals surface area contributed by atoms with Crippen LogP contribution in [0.2, 0.25) is 0 Å². The number of hydrogen-bond donors (Lipinski definition) is 1. The molecule has 0 amide bonds. The Labute approximate surface area is 122 Å². The summed E-state index contributed by atoms with van der Waals surface area (Å²) in [4.78, 5) is 0. The zero-order chi connectivity index (χ0) is 15.2. The van der Waals surface area contributed by atoms with Crippen molar-refractivity contribution in [2.45, 2.75) is 26.0 Å². The van der Waals surface area contributed by atoms with Crippen molar-refractivity contribution >= 4 is 0 Å². The van der Waals surface area contributed by atoms with Crippen LogP contribution in [0.25, 0.3) is 0 Å². The van der Waals surface area contributed by atoms with E-state index in [9.17, 15) is 8.78 Å². The maximum atomic E-state index is 13.8. The predicted molar refractivity (Wildman–Crippen MR) is 75.9 cm³/mol. The molecular formula is C16H19F2NO2. The molecule has 0 aliphatic carbocycles. The summed E-state index contributed by atoms with van der Waals surface area (Å²) in [5.41, 5.74) is 0.0631. The summed E-state index contributed by atoms with van der Waals surface area (Å²) in [5, 5.41) is 3.19. The average Bonchev–Trinajstić information content (AvgIpc) is 2.91. The van der Waals surface area contributed by atoms with Gasteiger partial charge in [0.25, 0.3) is 0 Å². The minimum atomic E-state index is -0.540. The van der Waals surface area contributed by atoms with Gasteiger partial charge < -0.3 is 14.5 Å². The van der Waals surface area contributed by atoms with Crippen LogP contribution in [0, 0.1) is 11.6 Å². The zero-order valence-electron chi connectivity index (χ0n) is 12.2. The van der Waals surface area contributed by atoms with E-state index < -0.39 is 11.6 Å². The molecular weight excluding hydrogens is 276 g/mol. The minimum Gasteiger partial charge on any atom is -0.462 e. The van der Waals surface area contributed by atoms with Crippen LogP contribution in [-0.4, -0.2) is 13.7 Å². The molecule has 1 unspecified atom stereocenters. The van der Waals surface area contributed by atoms with Gasteiger partial charge in [0, 0.05) is 19.1 Å². The van der Waals surface area contributed by atoms with Crippen LogP contribution in [0.15, 0.2) is 34.7 Å². The molecule has 0 fully saturated rings. The predicted octanol–water partition coefficient (Wildman–Crippen LogP) is 3.60. The van der Waals surface area contributed by atoms with Gasteiger partial charge in [0.05, 0.1) is 6.04 Å². The molecule has 2 rings (SSSR count). The van der Waals surface area contributed by atoms with Crippen LogP contribution in [0.1, 0.15) is 30.0 Å². The fourth-order valence-corrected chi connectivity index (χ4v) is 2.25. The Kier molecular flexibility index (Phi) is 5.47. The van der Waals surface area contributed by atoms with E-state index in [1.807, 2.05) is 6.92 Å². The molecule has 0 saturated heterocycles. The van der Waals surface area contributed by atoms with Crippen LogP contribution >= 0.6 is 0 Å². The molecule has 0 spiro atoms. The average molecular weight is 295 g/mol. The van der Waals surface area contributed by atoms with Crippen molar-refractivity contribution in [2.24, 2.45) is 0 Å². The third-order valence-corrected chi connectivity index (χ3v) is 3.23. The second-order valence-electron chi connectivity index (χ2n) is 4.75. The Morgan fingerprint density at radius 1 is 1.19 bits per heavy atom. The lowest BCUT2D eigenvalue weighted by Gasteiger charge is -2.16. The zero-order valence-corrected chi connectivity index (χ0v) is 12.2. The molecule has 1 N–H and O–H groups in total. The number of furan rings is 1. The Hall–Kier alpha value is -1.72. The standard InChI is InChI=1S/C16H19F2NO2/c1-3-19-15(16-8-7-11(21-16)10-20-2)9-12-13(17)5-4-6-14(12)18/h4-8,15,19H,3,9-10H2,1-2H3. The van der Waals surface area contributed by atoms with Crippen LogP contribution in [0.4, 0.5) is 8.78 Å².